The summed E-state index contributed by atoms with van der Waals surface area (Å²) >= 11 is 0. The quantitative estimate of drug-likeness (QED) is 0.922. The second-order valence-corrected chi connectivity index (χ2v) is 6.31. The number of rotatable bonds is 4. The van der Waals surface area contributed by atoms with Crippen LogP contribution >= 0.6 is 0 Å². The second kappa shape index (κ2) is 7.13. The van der Waals surface area contributed by atoms with Gasteiger partial charge in [0.2, 0.25) is 0 Å². The van der Waals surface area contributed by atoms with Gasteiger partial charge >= 0.3 is 0 Å². The molecule has 0 radical (unpaired) electrons. The Morgan fingerprint density at radius 1 is 1.20 bits per heavy atom. The fourth-order valence-corrected chi connectivity index (χ4v) is 3.32. The van der Waals surface area contributed by atoms with Crippen LogP contribution in [0.25, 0.3) is 0 Å². The van der Waals surface area contributed by atoms with Crippen molar-refractivity contribution in [3.05, 3.63) is 34.9 Å². The van der Waals surface area contributed by atoms with Crippen LogP contribution in [0, 0.1) is 13.8 Å². The van der Waals surface area contributed by atoms with Gasteiger partial charge in [0.25, 0.3) is 5.91 Å². The van der Waals surface area contributed by atoms with Gasteiger partial charge in [0, 0.05) is 12.1 Å². The Kier molecular flexibility index (Phi) is 4.92. The molecule has 2 heterocycles. The number of ether oxygens (including phenoxy) is 2. The van der Waals surface area contributed by atoms with Crippen LogP contribution in [0.5, 0.6) is 11.5 Å². The molecule has 1 aromatic heterocycles. The number of nitrogens with zero attached hydrogens (tertiary/aromatic N) is 3. The van der Waals surface area contributed by atoms with Crippen molar-refractivity contribution in [1.82, 2.24) is 20.1 Å². The molecule has 7 heteroatoms. The van der Waals surface area contributed by atoms with Crippen LogP contribution in [0.1, 0.15) is 52.9 Å². The third-order valence-electron chi connectivity index (χ3n) is 4.64. The number of likely N-dealkylation sites (tertiary alicyclic amines) is 1. The topological polar surface area (TPSA) is 80.3 Å². The second-order valence-electron chi connectivity index (χ2n) is 6.31. The number of aryl methyl sites for hydroxylation is 2. The van der Waals surface area contributed by atoms with Crippen molar-refractivity contribution >= 4 is 5.91 Å². The first kappa shape index (κ1) is 17.3. The van der Waals surface area contributed by atoms with Crippen molar-refractivity contribution < 1.29 is 14.3 Å². The summed E-state index contributed by atoms with van der Waals surface area (Å²) in [4.78, 5) is 19.6. The van der Waals surface area contributed by atoms with Crippen LogP contribution in [-0.2, 0) is 0 Å². The molecule has 1 aliphatic heterocycles. The minimum atomic E-state index is -0.0984. The predicted molar refractivity (Wildman–Crippen MR) is 93.0 cm³/mol. The van der Waals surface area contributed by atoms with E-state index in [0.717, 1.165) is 30.7 Å². The van der Waals surface area contributed by atoms with Crippen LogP contribution in [0.2, 0.25) is 0 Å². The molecular weight excluding hydrogens is 320 g/mol. The fraction of sp³-hybridized carbons (Fsp3) is 0.500. The van der Waals surface area contributed by atoms with Gasteiger partial charge in [0.1, 0.15) is 5.82 Å². The minimum Gasteiger partial charge on any atom is -0.493 e. The molecule has 0 saturated carbocycles. The fourth-order valence-electron chi connectivity index (χ4n) is 3.32. The van der Waals surface area contributed by atoms with Crippen LogP contribution < -0.4 is 9.47 Å². The standard InChI is InChI=1S/C18H24N4O3/c1-11-9-15(24-3)16(25-4)10-13(11)18(23)22-8-6-5-7-14(22)17-19-12(2)20-21-17/h9-10,14H,5-8H2,1-4H3,(H,19,20,21). The van der Waals surface area contributed by atoms with E-state index in [4.69, 9.17) is 9.47 Å². The Labute approximate surface area is 147 Å². The lowest BCUT2D eigenvalue weighted by atomic mass is 9.98. The summed E-state index contributed by atoms with van der Waals surface area (Å²) in [6.07, 6.45) is 2.92. The van der Waals surface area contributed by atoms with E-state index in [0.29, 0.717) is 29.4 Å². The number of H-pyrrole nitrogens is 1. The zero-order valence-electron chi connectivity index (χ0n) is 15.1. The molecule has 134 valence electrons. The van der Waals surface area contributed by atoms with Crippen molar-refractivity contribution in [3.8, 4) is 11.5 Å². The number of carbonyl (C=O) groups is 1. The molecule has 1 N–H and O–H groups in total. The highest BCUT2D eigenvalue weighted by Crippen LogP contribution is 2.34. The number of hydrogen-bond donors (Lipinski definition) is 1. The van der Waals surface area contributed by atoms with Gasteiger partial charge in [-0.05, 0) is 50.8 Å². The van der Waals surface area contributed by atoms with E-state index in [-0.39, 0.29) is 11.9 Å². The number of nitrogens with one attached hydrogen (secondary N) is 1. The van der Waals surface area contributed by atoms with Crippen molar-refractivity contribution in [2.24, 2.45) is 0 Å². The van der Waals surface area contributed by atoms with E-state index in [9.17, 15) is 4.79 Å². The first-order valence-corrected chi connectivity index (χ1v) is 8.47. The number of hydrogen-bond acceptors (Lipinski definition) is 5. The van der Waals surface area contributed by atoms with E-state index in [1.807, 2.05) is 24.8 Å². The Balaban J connectivity index is 1.95. The Bertz CT molecular complexity index is 772. The van der Waals surface area contributed by atoms with Gasteiger partial charge in [-0.1, -0.05) is 0 Å². The molecule has 0 spiro atoms. The van der Waals surface area contributed by atoms with Crippen molar-refractivity contribution in [2.45, 2.75) is 39.2 Å². The molecule has 1 unspecified atom stereocenters. The molecule has 1 saturated heterocycles. The lowest BCUT2D eigenvalue weighted by Crippen LogP contribution is -2.39. The van der Waals surface area contributed by atoms with Crippen LogP contribution in [-0.4, -0.2) is 46.8 Å². The van der Waals surface area contributed by atoms with Gasteiger partial charge in [-0.2, -0.15) is 5.10 Å². The van der Waals surface area contributed by atoms with Crippen molar-refractivity contribution in [1.29, 1.82) is 0 Å². The van der Waals surface area contributed by atoms with Crippen LogP contribution in [0.15, 0.2) is 12.1 Å². The first-order valence-electron chi connectivity index (χ1n) is 8.47. The molecule has 1 aliphatic rings. The summed E-state index contributed by atoms with van der Waals surface area (Å²) in [6, 6.07) is 3.49. The van der Waals surface area contributed by atoms with E-state index in [2.05, 4.69) is 15.2 Å². The molecular formula is C18H24N4O3. The number of piperidine rings is 1. The average molecular weight is 344 g/mol. The smallest absolute Gasteiger partial charge is 0.254 e. The van der Waals surface area contributed by atoms with Crippen LogP contribution in [0.4, 0.5) is 0 Å². The largest absolute Gasteiger partial charge is 0.493 e. The lowest BCUT2D eigenvalue weighted by Gasteiger charge is -2.34. The third kappa shape index (κ3) is 3.31. The van der Waals surface area contributed by atoms with E-state index in [1.54, 1.807) is 20.3 Å². The maximum atomic E-state index is 13.2. The normalized spacial score (nSPS) is 17.4. The van der Waals surface area contributed by atoms with Crippen LogP contribution in [0.3, 0.4) is 0 Å². The lowest BCUT2D eigenvalue weighted by molar-refractivity contribution is 0.0599. The van der Waals surface area contributed by atoms with Gasteiger partial charge in [-0.25, -0.2) is 4.98 Å². The Morgan fingerprint density at radius 3 is 2.56 bits per heavy atom. The summed E-state index contributed by atoms with van der Waals surface area (Å²) in [5.41, 5.74) is 1.48. The predicted octanol–water partition coefficient (Wildman–Crippen LogP) is 2.81. The molecule has 25 heavy (non-hydrogen) atoms. The molecule has 7 nitrogen and oxygen atoms in total. The van der Waals surface area contributed by atoms with E-state index in [1.165, 1.54) is 0 Å². The summed E-state index contributed by atoms with van der Waals surface area (Å²) in [5, 5.41) is 7.15. The summed E-state index contributed by atoms with van der Waals surface area (Å²) in [5.74, 6) is 2.60. The number of methoxy groups -OCH3 is 2. The highest BCUT2D eigenvalue weighted by Gasteiger charge is 2.32. The Morgan fingerprint density at radius 2 is 1.92 bits per heavy atom. The number of carbonyl (C=O) groups excluding carboxylic acids is 1. The number of benzene rings is 1. The number of aromatic nitrogens is 3. The molecule has 2 aromatic rings. The molecule has 1 amide bonds. The monoisotopic (exact) mass is 344 g/mol. The zero-order valence-corrected chi connectivity index (χ0v) is 15.1. The van der Waals surface area contributed by atoms with E-state index < -0.39 is 0 Å². The zero-order chi connectivity index (χ0) is 18.0. The van der Waals surface area contributed by atoms with Gasteiger partial charge in [-0.3, -0.25) is 9.89 Å². The number of aromatic amines is 1. The highest BCUT2D eigenvalue weighted by molar-refractivity contribution is 5.96. The average Bonchev–Trinajstić information content (AvgIpc) is 3.07. The maximum absolute atomic E-state index is 13.2. The van der Waals surface area contributed by atoms with Crippen molar-refractivity contribution in [2.75, 3.05) is 20.8 Å². The minimum absolute atomic E-state index is 0.0226. The van der Waals surface area contributed by atoms with Gasteiger partial charge < -0.3 is 14.4 Å². The molecule has 1 atom stereocenters. The van der Waals surface area contributed by atoms with E-state index >= 15 is 0 Å². The molecule has 0 aliphatic carbocycles. The van der Waals surface area contributed by atoms with Gasteiger partial charge in [0.05, 0.1) is 20.3 Å². The maximum Gasteiger partial charge on any atom is 0.254 e. The number of amides is 1. The molecule has 0 bridgehead atoms. The van der Waals surface area contributed by atoms with Gasteiger partial charge in [0.15, 0.2) is 17.3 Å². The SMILES string of the molecule is COc1cc(C)c(C(=O)N2CCCCC2c2n[nH]c(C)n2)cc1OC. The summed E-state index contributed by atoms with van der Waals surface area (Å²) in [6.45, 7) is 4.47. The Hall–Kier alpha value is -2.57. The first-order chi connectivity index (χ1) is 12.0. The molecule has 1 fully saturated rings. The summed E-state index contributed by atoms with van der Waals surface area (Å²) < 4.78 is 10.7. The molecule has 1 aromatic carbocycles. The molecule has 3 rings (SSSR count). The third-order valence-corrected chi connectivity index (χ3v) is 4.64. The van der Waals surface area contributed by atoms with Gasteiger partial charge in [-0.15, -0.1) is 0 Å². The summed E-state index contributed by atoms with van der Waals surface area (Å²) in [7, 11) is 3.16. The highest BCUT2D eigenvalue weighted by atomic mass is 16.5. The van der Waals surface area contributed by atoms with Crippen molar-refractivity contribution in [3.63, 3.8) is 0 Å².